The lowest BCUT2D eigenvalue weighted by Crippen LogP contribution is -2.57. The maximum atomic E-state index is 13.9. The maximum absolute atomic E-state index is 13.9. The molecule has 0 saturated carbocycles. The van der Waals surface area contributed by atoms with Gasteiger partial charge in [-0.1, -0.05) is 0 Å². The normalized spacial score (nSPS) is 30.9. The minimum absolute atomic E-state index is 0.00486. The summed E-state index contributed by atoms with van der Waals surface area (Å²) in [5.41, 5.74) is -6.71. The summed E-state index contributed by atoms with van der Waals surface area (Å²) in [5.74, 6) is -6.23. The van der Waals surface area contributed by atoms with Gasteiger partial charge < -0.3 is 14.9 Å². The Morgan fingerprint density at radius 3 is 2.45 bits per heavy atom. The molecule has 0 spiro atoms. The quantitative estimate of drug-likeness (QED) is 0.629. The van der Waals surface area contributed by atoms with Gasteiger partial charge in [0, 0.05) is 0 Å². The van der Waals surface area contributed by atoms with Crippen LogP contribution in [0.3, 0.4) is 0 Å². The molecule has 12 heteroatoms. The van der Waals surface area contributed by atoms with E-state index in [1.165, 1.54) is 4.98 Å². The van der Waals surface area contributed by atoms with Gasteiger partial charge >= 0.3 is 11.6 Å². The lowest BCUT2D eigenvalue weighted by molar-refractivity contribution is -0.244. The molecule has 1 saturated heterocycles. The van der Waals surface area contributed by atoms with Crippen molar-refractivity contribution in [2.24, 2.45) is 0 Å². The number of alkyl halides is 4. The number of aromatic nitrogens is 2. The van der Waals surface area contributed by atoms with Gasteiger partial charge in [-0.25, -0.2) is 13.6 Å². The fourth-order valence-electron chi connectivity index (χ4n) is 2.06. The first-order valence-corrected chi connectivity index (χ1v) is 5.72. The standard InChI is InChI=1S/C10H9F5N2O5/c11-3-1-17(8(21)16-5(3)20)6-4(19)10(14,15)9(2-18,22-6)7(12)13/h1,4,6-7,18-19H,2H2,(H,16,20,21). The molecular weight excluding hydrogens is 323 g/mol. The molecule has 22 heavy (non-hydrogen) atoms. The summed E-state index contributed by atoms with van der Waals surface area (Å²) in [6, 6.07) is 0. The van der Waals surface area contributed by atoms with Crippen LogP contribution in [0.2, 0.25) is 0 Å². The summed E-state index contributed by atoms with van der Waals surface area (Å²) in [5, 5.41) is 18.3. The molecule has 1 aromatic heterocycles. The highest BCUT2D eigenvalue weighted by Crippen LogP contribution is 2.50. The first-order chi connectivity index (χ1) is 10.1. The molecule has 124 valence electrons. The van der Waals surface area contributed by atoms with Gasteiger partial charge in [0.1, 0.15) is 0 Å². The van der Waals surface area contributed by atoms with Crippen molar-refractivity contribution in [3.05, 3.63) is 32.9 Å². The highest BCUT2D eigenvalue weighted by Gasteiger charge is 2.73. The average Bonchev–Trinajstić information content (AvgIpc) is 2.63. The third-order valence-electron chi connectivity index (χ3n) is 3.32. The Bertz CT molecular complexity index is 689. The molecule has 0 amide bonds. The number of nitrogens with one attached hydrogen (secondary N) is 1. The summed E-state index contributed by atoms with van der Waals surface area (Å²) < 4.78 is 71.0. The molecule has 0 aromatic carbocycles. The van der Waals surface area contributed by atoms with Crippen molar-refractivity contribution in [3.63, 3.8) is 0 Å². The molecule has 1 aromatic rings. The molecule has 3 N–H and O–H groups in total. The number of hydrogen-bond donors (Lipinski definition) is 3. The summed E-state index contributed by atoms with van der Waals surface area (Å²) in [6.07, 6.45) is -9.22. The van der Waals surface area contributed by atoms with E-state index in [4.69, 9.17) is 5.11 Å². The summed E-state index contributed by atoms with van der Waals surface area (Å²) >= 11 is 0. The predicted octanol–water partition coefficient (Wildman–Crippen LogP) is -0.803. The molecule has 7 nitrogen and oxygen atoms in total. The second-order valence-corrected chi connectivity index (χ2v) is 4.57. The Kier molecular flexibility index (Phi) is 3.87. The monoisotopic (exact) mass is 332 g/mol. The van der Waals surface area contributed by atoms with Crippen molar-refractivity contribution in [3.8, 4) is 0 Å². The van der Waals surface area contributed by atoms with Gasteiger partial charge in [0.25, 0.3) is 12.0 Å². The second kappa shape index (κ2) is 5.14. The van der Waals surface area contributed by atoms with Crippen molar-refractivity contribution in [1.82, 2.24) is 9.55 Å². The molecule has 0 bridgehead atoms. The van der Waals surface area contributed by atoms with Gasteiger partial charge in [-0.15, -0.1) is 0 Å². The Morgan fingerprint density at radius 2 is 2.00 bits per heavy atom. The number of nitrogens with zero attached hydrogens (tertiary/aromatic N) is 1. The van der Waals surface area contributed by atoms with Crippen LogP contribution in [0, 0.1) is 5.82 Å². The van der Waals surface area contributed by atoms with Gasteiger partial charge in [-0.2, -0.15) is 13.2 Å². The van der Waals surface area contributed by atoms with Crippen LogP contribution in [0.15, 0.2) is 15.8 Å². The van der Waals surface area contributed by atoms with E-state index in [2.05, 4.69) is 4.74 Å². The molecular formula is C10H9F5N2O5. The van der Waals surface area contributed by atoms with Crippen LogP contribution in [0.5, 0.6) is 0 Å². The van der Waals surface area contributed by atoms with Gasteiger partial charge in [0.2, 0.25) is 11.4 Å². The number of aliphatic hydroxyl groups excluding tert-OH is 2. The van der Waals surface area contributed by atoms with Gasteiger partial charge in [-0.05, 0) is 0 Å². The SMILES string of the molecule is O=c1[nH]c(=O)n(C2OC(CO)(C(F)F)C(F)(F)C2O)cc1F. The Hall–Kier alpha value is -1.79. The largest absolute Gasteiger partial charge is 0.393 e. The van der Waals surface area contributed by atoms with Crippen LogP contribution in [0.4, 0.5) is 22.0 Å². The lowest BCUT2D eigenvalue weighted by Gasteiger charge is -2.31. The van der Waals surface area contributed by atoms with Crippen molar-refractivity contribution >= 4 is 0 Å². The van der Waals surface area contributed by atoms with E-state index in [1.54, 1.807) is 0 Å². The maximum Gasteiger partial charge on any atom is 0.330 e. The number of aliphatic hydroxyl groups is 2. The molecule has 2 heterocycles. The van der Waals surface area contributed by atoms with E-state index >= 15 is 0 Å². The molecule has 0 aliphatic carbocycles. The first-order valence-electron chi connectivity index (χ1n) is 5.72. The molecule has 1 fully saturated rings. The van der Waals surface area contributed by atoms with E-state index in [1.807, 2.05) is 0 Å². The van der Waals surface area contributed by atoms with Crippen LogP contribution in [-0.2, 0) is 4.74 Å². The Morgan fingerprint density at radius 1 is 1.41 bits per heavy atom. The summed E-state index contributed by atoms with van der Waals surface area (Å²) in [6.45, 7) is -1.87. The van der Waals surface area contributed by atoms with Gasteiger partial charge in [0.05, 0.1) is 12.8 Å². The zero-order chi connectivity index (χ0) is 16.9. The zero-order valence-corrected chi connectivity index (χ0v) is 10.5. The third-order valence-corrected chi connectivity index (χ3v) is 3.32. The fraction of sp³-hybridized carbons (Fsp3) is 0.600. The number of halogens is 5. The predicted molar refractivity (Wildman–Crippen MR) is 58.2 cm³/mol. The van der Waals surface area contributed by atoms with Crippen LogP contribution < -0.4 is 11.2 Å². The van der Waals surface area contributed by atoms with E-state index < -0.39 is 54.0 Å². The number of hydrogen-bond acceptors (Lipinski definition) is 5. The minimum atomic E-state index is -4.65. The summed E-state index contributed by atoms with van der Waals surface area (Å²) in [4.78, 5) is 23.7. The van der Waals surface area contributed by atoms with Crippen LogP contribution in [-0.4, -0.2) is 50.4 Å². The number of ether oxygens (including phenoxy) is 1. The number of rotatable bonds is 3. The molecule has 2 rings (SSSR count). The smallest absolute Gasteiger partial charge is 0.330 e. The highest BCUT2D eigenvalue weighted by molar-refractivity contribution is 5.09. The van der Waals surface area contributed by atoms with Crippen molar-refractivity contribution in [2.75, 3.05) is 6.61 Å². The topological polar surface area (TPSA) is 105 Å². The molecule has 0 radical (unpaired) electrons. The molecule has 1 aliphatic rings. The minimum Gasteiger partial charge on any atom is -0.393 e. The van der Waals surface area contributed by atoms with E-state index in [0.717, 1.165) is 0 Å². The van der Waals surface area contributed by atoms with Crippen LogP contribution in [0.1, 0.15) is 6.23 Å². The first kappa shape index (κ1) is 16.6. The van der Waals surface area contributed by atoms with Gasteiger partial charge in [0.15, 0.2) is 12.3 Å². The number of aromatic amines is 1. The van der Waals surface area contributed by atoms with E-state index in [0.29, 0.717) is 0 Å². The second-order valence-electron chi connectivity index (χ2n) is 4.57. The Balaban J connectivity index is 2.58. The van der Waals surface area contributed by atoms with Crippen molar-refractivity contribution in [2.45, 2.75) is 30.3 Å². The van der Waals surface area contributed by atoms with E-state index in [9.17, 15) is 36.6 Å². The van der Waals surface area contributed by atoms with Crippen molar-refractivity contribution < 1.29 is 36.9 Å². The van der Waals surface area contributed by atoms with Gasteiger partial charge in [-0.3, -0.25) is 14.3 Å². The molecule has 3 atom stereocenters. The zero-order valence-electron chi connectivity index (χ0n) is 10.5. The Labute approximate surface area is 117 Å². The highest BCUT2D eigenvalue weighted by atomic mass is 19.3. The average molecular weight is 332 g/mol. The van der Waals surface area contributed by atoms with E-state index in [-0.39, 0.29) is 10.8 Å². The fourth-order valence-corrected chi connectivity index (χ4v) is 2.06. The van der Waals surface area contributed by atoms with Crippen molar-refractivity contribution in [1.29, 1.82) is 0 Å². The summed E-state index contributed by atoms with van der Waals surface area (Å²) in [7, 11) is 0. The van der Waals surface area contributed by atoms with Crippen LogP contribution in [0.25, 0.3) is 0 Å². The third kappa shape index (κ3) is 2.06. The molecule has 3 unspecified atom stereocenters. The lowest BCUT2D eigenvalue weighted by atomic mass is 9.95. The number of H-pyrrole nitrogens is 1. The van der Waals surface area contributed by atoms with Crippen LogP contribution >= 0.6 is 0 Å². The molecule has 1 aliphatic heterocycles.